The van der Waals surface area contributed by atoms with Crippen molar-refractivity contribution in [3.8, 4) is 0 Å². The molecule has 6 nitrogen and oxygen atoms in total. The summed E-state index contributed by atoms with van der Waals surface area (Å²) in [4.78, 5) is 23.3. The van der Waals surface area contributed by atoms with Crippen LogP contribution in [0.4, 0.5) is 5.82 Å². The molecule has 2 heterocycles. The molecule has 2 aromatic heterocycles. The van der Waals surface area contributed by atoms with E-state index >= 15 is 0 Å². The summed E-state index contributed by atoms with van der Waals surface area (Å²) in [7, 11) is 0. The lowest BCUT2D eigenvalue weighted by atomic mass is 10.2. The number of hydrogen-bond donors (Lipinski definition) is 3. The van der Waals surface area contributed by atoms with E-state index < -0.39 is 0 Å². The highest BCUT2D eigenvalue weighted by molar-refractivity contribution is 5.94. The largest absolute Gasteiger partial charge is 0.384 e. The van der Waals surface area contributed by atoms with Crippen molar-refractivity contribution in [2.45, 2.75) is 26.2 Å². The third-order valence-corrected chi connectivity index (χ3v) is 2.95. The van der Waals surface area contributed by atoms with Crippen LogP contribution < -0.4 is 11.1 Å². The van der Waals surface area contributed by atoms with Crippen LogP contribution in [0.3, 0.4) is 0 Å². The molecule has 0 fully saturated rings. The van der Waals surface area contributed by atoms with Gasteiger partial charge in [-0.15, -0.1) is 0 Å². The maximum absolute atomic E-state index is 12.0. The fourth-order valence-corrected chi connectivity index (χ4v) is 1.92. The third kappa shape index (κ3) is 3.81. The molecule has 6 heteroatoms. The Bertz CT molecular complexity index is 565. The molecular weight excluding hydrogens is 254 g/mol. The highest BCUT2D eigenvalue weighted by Crippen LogP contribution is 2.08. The van der Waals surface area contributed by atoms with E-state index in [9.17, 15) is 4.79 Å². The fourth-order valence-electron chi connectivity index (χ4n) is 1.92. The molecule has 0 atom stereocenters. The van der Waals surface area contributed by atoms with Gasteiger partial charge in [-0.25, -0.2) is 9.97 Å². The molecule has 0 aliphatic rings. The summed E-state index contributed by atoms with van der Waals surface area (Å²) in [6, 6.07) is 3.37. The number of nitrogens with two attached hydrogens (primary N) is 1. The zero-order chi connectivity index (χ0) is 14.4. The molecule has 0 saturated heterocycles. The van der Waals surface area contributed by atoms with Gasteiger partial charge in [0.05, 0.1) is 0 Å². The molecule has 0 spiro atoms. The van der Waals surface area contributed by atoms with Crippen LogP contribution in [0.2, 0.25) is 0 Å². The maximum Gasteiger partial charge on any atom is 0.251 e. The number of hydrogen-bond acceptors (Lipinski definition) is 4. The first-order valence-electron chi connectivity index (χ1n) is 6.72. The summed E-state index contributed by atoms with van der Waals surface area (Å²) < 4.78 is 0. The van der Waals surface area contributed by atoms with E-state index in [4.69, 9.17) is 5.73 Å². The van der Waals surface area contributed by atoms with E-state index in [-0.39, 0.29) is 5.91 Å². The number of nitrogen functional groups attached to an aromatic ring is 1. The number of nitrogens with zero attached hydrogens (tertiary/aromatic N) is 2. The number of aryl methyl sites for hydroxylation is 2. The van der Waals surface area contributed by atoms with Crippen LogP contribution in [-0.4, -0.2) is 27.4 Å². The molecule has 20 heavy (non-hydrogen) atoms. The van der Waals surface area contributed by atoms with Crippen molar-refractivity contribution in [2.24, 2.45) is 0 Å². The summed E-state index contributed by atoms with van der Waals surface area (Å²) >= 11 is 0. The minimum absolute atomic E-state index is 0.117. The Kier molecular flexibility index (Phi) is 4.70. The van der Waals surface area contributed by atoms with Gasteiger partial charge in [-0.2, -0.15) is 0 Å². The lowest BCUT2D eigenvalue weighted by Crippen LogP contribution is -2.25. The van der Waals surface area contributed by atoms with Crippen LogP contribution in [0, 0.1) is 0 Å². The van der Waals surface area contributed by atoms with Crippen LogP contribution in [0.25, 0.3) is 0 Å². The van der Waals surface area contributed by atoms with Crippen molar-refractivity contribution in [1.29, 1.82) is 0 Å². The Balaban J connectivity index is 1.83. The summed E-state index contributed by atoms with van der Waals surface area (Å²) in [5.74, 6) is 1.19. The van der Waals surface area contributed by atoms with Crippen LogP contribution >= 0.6 is 0 Å². The molecule has 2 rings (SSSR count). The maximum atomic E-state index is 12.0. The zero-order valence-corrected chi connectivity index (χ0v) is 11.5. The summed E-state index contributed by atoms with van der Waals surface area (Å²) in [6.45, 7) is 2.58. The molecule has 0 bridgehead atoms. The number of imidazole rings is 1. The molecule has 0 aromatic carbocycles. The van der Waals surface area contributed by atoms with E-state index in [1.807, 2.05) is 6.92 Å². The van der Waals surface area contributed by atoms with E-state index in [0.717, 1.165) is 30.8 Å². The molecular formula is C14H19N5O. The first-order chi connectivity index (χ1) is 9.69. The van der Waals surface area contributed by atoms with Gasteiger partial charge >= 0.3 is 0 Å². The normalized spacial score (nSPS) is 10.4. The highest BCUT2D eigenvalue weighted by atomic mass is 16.1. The van der Waals surface area contributed by atoms with E-state index in [1.165, 1.54) is 0 Å². The smallest absolute Gasteiger partial charge is 0.251 e. The highest BCUT2D eigenvalue weighted by Gasteiger charge is 2.08. The minimum Gasteiger partial charge on any atom is -0.384 e. The average molecular weight is 273 g/mol. The van der Waals surface area contributed by atoms with Crippen LogP contribution in [0.1, 0.15) is 35.2 Å². The number of H-pyrrole nitrogens is 1. The van der Waals surface area contributed by atoms with Crippen molar-refractivity contribution in [3.05, 3.63) is 41.6 Å². The number of aromatic amines is 1. The topological polar surface area (TPSA) is 96.7 Å². The van der Waals surface area contributed by atoms with Gasteiger partial charge < -0.3 is 16.0 Å². The second-order valence-electron chi connectivity index (χ2n) is 4.52. The monoisotopic (exact) mass is 273 g/mol. The fraction of sp³-hybridized carbons (Fsp3) is 0.357. The average Bonchev–Trinajstić information content (AvgIpc) is 2.95. The van der Waals surface area contributed by atoms with Gasteiger partial charge in [-0.3, -0.25) is 4.79 Å². The molecule has 0 aliphatic carbocycles. The van der Waals surface area contributed by atoms with Gasteiger partial charge in [0.25, 0.3) is 5.91 Å². The van der Waals surface area contributed by atoms with Crippen LogP contribution in [-0.2, 0) is 12.8 Å². The Labute approximate surface area is 117 Å². The number of aromatic nitrogens is 3. The van der Waals surface area contributed by atoms with Crippen molar-refractivity contribution >= 4 is 11.7 Å². The van der Waals surface area contributed by atoms with Gasteiger partial charge in [-0.05, 0) is 25.0 Å². The lowest BCUT2D eigenvalue weighted by Gasteiger charge is -2.07. The number of anilines is 1. The molecule has 0 saturated carbocycles. The van der Waals surface area contributed by atoms with E-state index in [1.54, 1.807) is 24.5 Å². The minimum atomic E-state index is -0.117. The first kappa shape index (κ1) is 14.0. The Morgan fingerprint density at radius 1 is 1.45 bits per heavy atom. The number of carbonyl (C=O) groups is 1. The second kappa shape index (κ2) is 6.70. The molecule has 106 valence electrons. The van der Waals surface area contributed by atoms with E-state index in [2.05, 4.69) is 20.3 Å². The van der Waals surface area contributed by atoms with E-state index in [0.29, 0.717) is 17.9 Å². The number of pyridine rings is 1. The Hall–Kier alpha value is -2.37. The summed E-state index contributed by atoms with van der Waals surface area (Å²) in [6.07, 6.45) is 5.91. The molecule has 0 unspecified atom stereocenters. The first-order valence-corrected chi connectivity index (χ1v) is 6.72. The number of nitrogens with one attached hydrogen (secondary N) is 2. The quantitative estimate of drug-likeness (QED) is 0.691. The number of rotatable bonds is 6. The Morgan fingerprint density at radius 2 is 2.30 bits per heavy atom. The van der Waals surface area contributed by atoms with Gasteiger partial charge in [0.15, 0.2) is 0 Å². The Morgan fingerprint density at radius 3 is 3.00 bits per heavy atom. The van der Waals surface area contributed by atoms with Gasteiger partial charge in [-0.1, -0.05) is 6.92 Å². The number of carbonyl (C=O) groups excluding carboxylic acids is 1. The predicted molar refractivity (Wildman–Crippen MR) is 77.3 cm³/mol. The second-order valence-corrected chi connectivity index (χ2v) is 4.52. The molecule has 4 N–H and O–H groups in total. The lowest BCUT2D eigenvalue weighted by molar-refractivity contribution is 0.0953. The van der Waals surface area contributed by atoms with Crippen LogP contribution in [0.5, 0.6) is 0 Å². The summed E-state index contributed by atoms with van der Waals surface area (Å²) in [5, 5.41) is 2.88. The standard InChI is InChI=1S/C14H19N5O/c1-2-11-8-10(9-12(15)19-11)14(20)18-5-3-4-13-16-6-7-17-13/h6-9H,2-5H2,1H3,(H2,15,19)(H,16,17)(H,18,20). The van der Waals surface area contributed by atoms with Crippen LogP contribution in [0.15, 0.2) is 24.5 Å². The van der Waals surface area contributed by atoms with Gasteiger partial charge in [0.1, 0.15) is 11.6 Å². The number of amides is 1. The predicted octanol–water partition coefficient (Wildman–Crippen LogP) is 1.31. The van der Waals surface area contributed by atoms with Crippen molar-refractivity contribution < 1.29 is 4.79 Å². The van der Waals surface area contributed by atoms with Gasteiger partial charge in [0.2, 0.25) is 0 Å². The molecule has 0 radical (unpaired) electrons. The third-order valence-electron chi connectivity index (χ3n) is 2.95. The van der Waals surface area contributed by atoms with Crippen molar-refractivity contribution in [1.82, 2.24) is 20.3 Å². The molecule has 0 aliphatic heterocycles. The molecule has 2 aromatic rings. The van der Waals surface area contributed by atoms with Gasteiger partial charge in [0, 0.05) is 36.6 Å². The SMILES string of the molecule is CCc1cc(C(=O)NCCCc2ncc[nH]2)cc(N)n1. The molecule has 1 amide bonds. The van der Waals surface area contributed by atoms with Crippen molar-refractivity contribution in [3.63, 3.8) is 0 Å². The zero-order valence-electron chi connectivity index (χ0n) is 11.5. The van der Waals surface area contributed by atoms with Crippen molar-refractivity contribution in [2.75, 3.05) is 12.3 Å². The summed E-state index contributed by atoms with van der Waals surface area (Å²) in [5.41, 5.74) is 7.08.